The molecule has 0 spiro atoms. The minimum absolute atomic E-state index is 0.114. The summed E-state index contributed by atoms with van der Waals surface area (Å²) in [6.45, 7) is 1.40. The number of β-amino-alcohol motifs (C(OH)–C–C–N with tert-alkyl or cyclic N) is 1. The summed E-state index contributed by atoms with van der Waals surface area (Å²) in [7, 11) is 0. The third-order valence-corrected chi connectivity index (χ3v) is 3.17. The molecular formula is C14H17F3N2O5. The lowest BCUT2D eigenvalue weighted by Crippen LogP contribution is -2.35. The molecule has 1 fully saturated rings. The van der Waals surface area contributed by atoms with E-state index in [9.17, 15) is 23.1 Å². The van der Waals surface area contributed by atoms with Crippen LogP contribution in [0.15, 0.2) is 18.3 Å². The van der Waals surface area contributed by atoms with Gasteiger partial charge in [0.15, 0.2) is 0 Å². The molecule has 0 unspecified atom stereocenters. The number of carboxylic acids is 2. The Hall–Kier alpha value is -2.20. The highest BCUT2D eigenvalue weighted by molar-refractivity contribution is 5.74. The molecule has 0 bridgehead atoms. The predicted molar refractivity (Wildman–Crippen MR) is 75.0 cm³/mol. The number of pyridine rings is 1. The van der Waals surface area contributed by atoms with E-state index in [0.717, 1.165) is 19.2 Å². The molecule has 3 N–H and O–H groups in total. The van der Waals surface area contributed by atoms with E-state index < -0.39 is 36.0 Å². The zero-order chi connectivity index (χ0) is 18.5. The first-order valence-corrected chi connectivity index (χ1v) is 6.87. The molecule has 1 aromatic heterocycles. The third kappa shape index (κ3) is 6.13. The predicted octanol–water partition coefficient (Wildman–Crippen LogP) is 1.21. The second-order valence-corrected chi connectivity index (χ2v) is 5.24. The minimum Gasteiger partial charge on any atom is -0.481 e. The van der Waals surface area contributed by atoms with E-state index in [0.29, 0.717) is 5.56 Å². The molecule has 134 valence electrons. The molecule has 2 atom stereocenters. The van der Waals surface area contributed by atoms with Crippen LogP contribution in [0.5, 0.6) is 0 Å². The molecule has 0 aromatic carbocycles. The number of alkyl halides is 3. The van der Waals surface area contributed by atoms with Crippen LogP contribution in [-0.2, 0) is 22.3 Å². The van der Waals surface area contributed by atoms with Crippen molar-refractivity contribution in [1.29, 1.82) is 0 Å². The summed E-state index contributed by atoms with van der Waals surface area (Å²) in [6.07, 6.45) is -4.04. The van der Waals surface area contributed by atoms with Crippen LogP contribution >= 0.6 is 0 Å². The first-order valence-electron chi connectivity index (χ1n) is 6.87. The monoisotopic (exact) mass is 350 g/mol. The average Bonchev–Trinajstić information content (AvgIpc) is 2.79. The van der Waals surface area contributed by atoms with Crippen LogP contribution in [0.25, 0.3) is 0 Å². The van der Waals surface area contributed by atoms with Crippen LogP contribution in [0.1, 0.15) is 24.6 Å². The molecule has 24 heavy (non-hydrogen) atoms. The van der Waals surface area contributed by atoms with Gasteiger partial charge in [0, 0.05) is 32.6 Å². The molecule has 10 heteroatoms. The van der Waals surface area contributed by atoms with Crippen molar-refractivity contribution >= 4 is 11.9 Å². The Balaban J connectivity index is 0.000000648. The molecule has 2 heterocycles. The Morgan fingerprint density at radius 3 is 2.33 bits per heavy atom. The number of likely N-dealkylation sites (tertiary alicyclic amines) is 1. The van der Waals surface area contributed by atoms with Crippen LogP contribution in [0.2, 0.25) is 0 Å². The highest BCUT2D eigenvalue weighted by Gasteiger charge is 2.36. The van der Waals surface area contributed by atoms with Gasteiger partial charge in [0.05, 0.1) is 6.10 Å². The minimum atomic E-state index is -4.49. The van der Waals surface area contributed by atoms with Crippen molar-refractivity contribution in [3.63, 3.8) is 0 Å². The van der Waals surface area contributed by atoms with Crippen LogP contribution in [0, 0.1) is 0 Å². The van der Waals surface area contributed by atoms with E-state index in [1.165, 1.54) is 11.0 Å². The van der Waals surface area contributed by atoms with Crippen LogP contribution in [0.3, 0.4) is 0 Å². The fraction of sp³-hybridized carbons (Fsp3) is 0.500. The second-order valence-electron chi connectivity index (χ2n) is 5.24. The van der Waals surface area contributed by atoms with E-state index in [2.05, 4.69) is 4.98 Å². The molecule has 1 aliphatic heterocycles. The Labute approximate surface area is 135 Å². The summed E-state index contributed by atoms with van der Waals surface area (Å²) in [5.74, 6) is -1.89. The molecule has 1 aliphatic rings. The lowest BCUT2D eigenvalue weighted by molar-refractivity contribution is -0.142. The number of hydrogen-bond donors (Lipinski definition) is 3. The molecule has 0 aliphatic carbocycles. The van der Waals surface area contributed by atoms with Gasteiger partial charge in [-0.1, -0.05) is 6.07 Å². The number of halogens is 3. The van der Waals surface area contributed by atoms with E-state index >= 15 is 0 Å². The lowest BCUT2D eigenvalue weighted by atomic mass is 10.2. The van der Waals surface area contributed by atoms with E-state index in [1.807, 2.05) is 0 Å². The number of aliphatic hydroxyl groups is 1. The number of aliphatic carboxylic acids is 2. The molecule has 0 radical (unpaired) electrons. The van der Waals surface area contributed by atoms with Gasteiger partial charge >= 0.3 is 12.1 Å². The third-order valence-electron chi connectivity index (χ3n) is 3.17. The van der Waals surface area contributed by atoms with Crippen molar-refractivity contribution in [2.24, 2.45) is 0 Å². The summed E-state index contributed by atoms with van der Waals surface area (Å²) in [4.78, 5) is 24.8. The fourth-order valence-corrected chi connectivity index (χ4v) is 2.23. The Kier molecular flexibility index (Phi) is 6.67. The van der Waals surface area contributed by atoms with Crippen LogP contribution in [-0.4, -0.2) is 55.8 Å². The number of rotatable bonds is 3. The quantitative estimate of drug-likeness (QED) is 0.751. The normalized spacial score (nSPS) is 21.0. The number of nitrogens with zero attached hydrogens (tertiary/aromatic N) is 2. The van der Waals surface area contributed by atoms with Crippen molar-refractivity contribution in [3.8, 4) is 0 Å². The van der Waals surface area contributed by atoms with Gasteiger partial charge in [0.2, 0.25) is 0 Å². The maximum atomic E-state index is 12.4. The number of aromatic nitrogens is 1. The number of aliphatic hydroxyl groups excluding tert-OH is 1. The summed E-state index contributed by atoms with van der Waals surface area (Å²) >= 11 is 0. The summed E-state index contributed by atoms with van der Waals surface area (Å²) in [5, 5.41) is 25.9. The molecule has 1 aromatic rings. The van der Waals surface area contributed by atoms with E-state index in [-0.39, 0.29) is 19.5 Å². The average molecular weight is 350 g/mol. The summed E-state index contributed by atoms with van der Waals surface area (Å²) < 4.78 is 37.1. The molecule has 2 rings (SSSR count). The molecule has 0 amide bonds. The van der Waals surface area contributed by atoms with Crippen LogP contribution in [0.4, 0.5) is 13.2 Å². The topological polar surface area (TPSA) is 111 Å². The zero-order valence-electron chi connectivity index (χ0n) is 12.7. The van der Waals surface area contributed by atoms with Crippen molar-refractivity contribution in [2.75, 3.05) is 6.54 Å². The number of hydrogen-bond acceptors (Lipinski definition) is 5. The Bertz CT molecular complexity index is 573. The Morgan fingerprint density at radius 2 is 1.92 bits per heavy atom. The fourth-order valence-electron chi connectivity index (χ4n) is 2.23. The zero-order valence-corrected chi connectivity index (χ0v) is 12.7. The largest absolute Gasteiger partial charge is 0.481 e. The first-order chi connectivity index (χ1) is 11.0. The maximum absolute atomic E-state index is 12.4. The van der Waals surface area contributed by atoms with Gasteiger partial charge in [-0.3, -0.25) is 19.5 Å². The maximum Gasteiger partial charge on any atom is 0.433 e. The highest BCUT2D eigenvalue weighted by atomic mass is 19.4. The van der Waals surface area contributed by atoms with Gasteiger partial charge in [-0.05, 0) is 11.6 Å². The van der Waals surface area contributed by atoms with Gasteiger partial charge in [0.1, 0.15) is 11.7 Å². The number of carbonyl (C=O) groups is 2. The van der Waals surface area contributed by atoms with Crippen molar-refractivity contribution in [1.82, 2.24) is 9.88 Å². The second kappa shape index (κ2) is 8.06. The SMILES string of the molecule is CC(=O)O.O=C(O)[C@@H]1C[C@@H](O)CN1Cc1ccc(C(F)(F)F)nc1. The Morgan fingerprint density at radius 1 is 1.33 bits per heavy atom. The lowest BCUT2D eigenvalue weighted by Gasteiger charge is -2.20. The van der Waals surface area contributed by atoms with E-state index in [1.54, 1.807) is 0 Å². The van der Waals surface area contributed by atoms with E-state index in [4.69, 9.17) is 15.0 Å². The van der Waals surface area contributed by atoms with Crippen molar-refractivity contribution in [3.05, 3.63) is 29.6 Å². The number of carboxylic acid groups (broad SMARTS) is 2. The van der Waals surface area contributed by atoms with Crippen molar-refractivity contribution in [2.45, 2.75) is 38.2 Å². The highest BCUT2D eigenvalue weighted by Crippen LogP contribution is 2.27. The van der Waals surface area contributed by atoms with Crippen LogP contribution < -0.4 is 0 Å². The van der Waals surface area contributed by atoms with Gasteiger partial charge < -0.3 is 15.3 Å². The first kappa shape index (κ1) is 19.8. The molecule has 1 saturated heterocycles. The van der Waals surface area contributed by atoms with Gasteiger partial charge in [-0.2, -0.15) is 13.2 Å². The summed E-state index contributed by atoms with van der Waals surface area (Å²) in [5.41, 5.74) is -0.518. The molecular weight excluding hydrogens is 333 g/mol. The summed E-state index contributed by atoms with van der Waals surface area (Å²) in [6, 6.07) is 1.30. The molecule has 0 saturated carbocycles. The van der Waals surface area contributed by atoms with Gasteiger partial charge in [-0.15, -0.1) is 0 Å². The van der Waals surface area contributed by atoms with Crippen molar-refractivity contribution < 1.29 is 38.1 Å². The molecule has 7 nitrogen and oxygen atoms in total. The smallest absolute Gasteiger partial charge is 0.433 e. The van der Waals surface area contributed by atoms with Gasteiger partial charge in [-0.25, -0.2) is 0 Å². The van der Waals surface area contributed by atoms with Gasteiger partial charge in [0.25, 0.3) is 5.97 Å². The standard InChI is InChI=1S/C12H13F3N2O3.C2H4O2/c13-12(14,15)10-2-1-7(4-16-10)5-17-6-8(18)3-9(17)11(19)20;1-2(3)4/h1-2,4,8-9,18H,3,5-6H2,(H,19,20);1H3,(H,3,4)/t8-,9+;/m1./s1.